The fraction of sp³-hybridized carbons (Fsp3) is 0.600. The van der Waals surface area contributed by atoms with Crippen molar-refractivity contribution in [3.63, 3.8) is 0 Å². The highest BCUT2D eigenvalue weighted by Gasteiger charge is 2.08. The summed E-state index contributed by atoms with van der Waals surface area (Å²) in [5.41, 5.74) is 7.13. The van der Waals surface area contributed by atoms with Gasteiger partial charge in [-0.15, -0.1) is 0 Å². The van der Waals surface area contributed by atoms with E-state index in [4.69, 9.17) is 15.2 Å². The predicted octanol–water partition coefficient (Wildman–Crippen LogP) is 2.63. The highest BCUT2D eigenvalue weighted by atomic mass is 16.5. The molecular formula is C15H25NO2. The van der Waals surface area contributed by atoms with Gasteiger partial charge in [0.15, 0.2) is 0 Å². The van der Waals surface area contributed by atoms with Crippen LogP contribution in [0.2, 0.25) is 0 Å². The lowest BCUT2D eigenvalue weighted by atomic mass is 9.95. The van der Waals surface area contributed by atoms with E-state index in [-0.39, 0.29) is 0 Å². The number of nitrogens with two attached hydrogens (primary N) is 1. The SMILES string of the molecule is CCOCCCC(CN)Cc1cccc(OC)c1. The third-order valence-corrected chi connectivity index (χ3v) is 3.10. The maximum Gasteiger partial charge on any atom is 0.119 e. The van der Waals surface area contributed by atoms with Crippen molar-refractivity contribution in [3.8, 4) is 5.75 Å². The van der Waals surface area contributed by atoms with E-state index in [9.17, 15) is 0 Å². The summed E-state index contributed by atoms with van der Waals surface area (Å²) in [6, 6.07) is 8.22. The average molecular weight is 251 g/mol. The molecule has 0 spiro atoms. The number of ether oxygens (including phenoxy) is 2. The van der Waals surface area contributed by atoms with Gasteiger partial charge >= 0.3 is 0 Å². The lowest BCUT2D eigenvalue weighted by molar-refractivity contribution is 0.139. The molecule has 0 heterocycles. The number of hydrogen-bond acceptors (Lipinski definition) is 3. The Labute approximate surface area is 110 Å². The Morgan fingerprint density at radius 3 is 2.83 bits per heavy atom. The molecule has 2 N–H and O–H groups in total. The minimum absolute atomic E-state index is 0.526. The summed E-state index contributed by atoms with van der Waals surface area (Å²) in [4.78, 5) is 0. The molecular weight excluding hydrogens is 226 g/mol. The van der Waals surface area contributed by atoms with Crippen molar-refractivity contribution in [2.24, 2.45) is 11.7 Å². The lowest BCUT2D eigenvalue weighted by Crippen LogP contribution is -2.17. The quantitative estimate of drug-likeness (QED) is 0.686. The zero-order valence-electron chi connectivity index (χ0n) is 11.5. The number of benzene rings is 1. The molecule has 18 heavy (non-hydrogen) atoms. The van der Waals surface area contributed by atoms with Crippen LogP contribution in [-0.4, -0.2) is 26.9 Å². The monoisotopic (exact) mass is 251 g/mol. The summed E-state index contributed by atoms with van der Waals surface area (Å²) in [6.07, 6.45) is 3.22. The Balaban J connectivity index is 2.41. The number of hydrogen-bond donors (Lipinski definition) is 1. The second-order valence-electron chi connectivity index (χ2n) is 4.50. The highest BCUT2D eigenvalue weighted by Crippen LogP contribution is 2.18. The minimum Gasteiger partial charge on any atom is -0.497 e. The Kier molecular flexibility index (Phi) is 7.46. The molecule has 0 aliphatic heterocycles. The van der Waals surface area contributed by atoms with Crippen LogP contribution in [-0.2, 0) is 11.2 Å². The van der Waals surface area contributed by atoms with E-state index in [0.29, 0.717) is 5.92 Å². The van der Waals surface area contributed by atoms with Crippen LogP contribution in [0.25, 0.3) is 0 Å². The summed E-state index contributed by atoms with van der Waals surface area (Å²) in [7, 11) is 1.70. The van der Waals surface area contributed by atoms with Crippen molar-refractivity contribution >= 4 is 0 Å². The van der Waals surface area contributed by atoms with E-state index in [1.54, 1.807) is 7.11 Å². The smallest absolute Gasteiger partial charge is 0.119 e. The van der Waals surface area contributed by atoms with Crippen LogP contribution in [0.4, 0.5) is 0 Å². The van der Waals surface area contributed by atoms with E-state index in [2.05, 4.69) is 12.1 Å². The summed E-state index contributed by atoms with van der Waals surface area (Å²) >= 11 is 0. The molecule has 0 aliphatic rings. The van der Waals surface area contributed by atoms with Crippen LogP contribution in [0.15, 0.2) is 24.3 Å². The lowest BCUT2D eigenvalue weighted by Gasteiger charge is -2.15. The average Bonchev–Trinajstić information content (AvgIpc) is 2.42. The van der Waals surface area contributed by atoms with Crippen molar-refractivity contribution in [1.29, 1.82) is 0 Å². The van der Waals surface area contributed by atoms with E-state index >= 15 is 0 Å². The van der Waals surface area contributed by atoms with Gasteiger partial charge in [-0.2, -0.15) is 0 Å². The van der Waals surface area contributed by atoms with Crippen molar-refractivity contribution in [2.75, 3.05) is 26.9 Å². The first kappa shape index (κ1) is 15.0. The molecule has 1 aromatic carbocycles. The Morgan fingerprint density at radius 2 is 2.17 bits per heavy atom. The van der Waals surface area contributed by atoms with Crippen LogP contribution >= 0.6 is 0 Å². The maximum atomic E-state index is 5.83. The van der Waals surface area contributed by atoms with Gasteiger partial charge in [0.1, 0.15) is 5.75 Å². The van der Waals surface area contributed by atoms with Gasteiger partial charge in [0.2, 0.25) is 0 Å². The van der Waals surface area contributed by atoms with Gasteiger partial charge in [-0.05, 0) is 56.3 Å². The van der Waals surface area contributed by atoms with Crippen LogP contribution in [0.5, 0.6) is 5.75 Å². The molecule has 3 heteroatoms. The molecule has 1 atom stereocenters. The first-order valence-electron chi connectivity index (χ1n) is 6.70. The second kappa shape index (κ2) is 8.95. The van der Waals surface area contributed by atoms with Gasteiger partial charge in [0.25, 0.3) is 0 Å². The zero-order chi connectivity index (χ0) is 13.2. The van der Waals surface area contributed by atoms with Gasteiger partial charge in [0.05, 0.1) is 7.11 Å². The molecule has 1 aromatic rings. The molecule has 102 valence electrons. The molecule has 0 saturated carbocycles. The van der Waals surface area contributed by atoms with Gasteiger partial charge in [0, 0.05) is 13.2 Å². The third kappa shape index (κ3) is 5.52. The topological polar surface area (TPSA) is 44.5 Å². The molecule has 0 aliphatic carbocycles. The fourth-order valence-electron chi connectivity index (χ4n) is 2.05. The minimum atomic E-state index is 0.526. The van der Waals surface area contributed by atoms with Crippen molar-refractivity contribution in [2.45, 2.75) is 26.2 Å². The summed E-state index contributed by atoms with van der Waals surface area (Å²) in [6.45, 7) is 4.38. The molecule has 0 amide bonds. The second-order valence-corrected chi connectivity index (χ2v) is 4.50. The number of methoxy groups -OCH3 is 1. The summed E-state index contributed by atoms with van der Waals surface area (Å²) in [5, 5.41) is 0. The molecule has 0 radical (unpaired) electrons. The van der Waals surface area contributed by atoms with E-state index in [1.165, 1.54) is 5.56 Å². The van der Waals surface area contributed by atoms with Crippen molar-refractivity contribution < 1.29 is 9.47 Å². The van der Waals surface area contributed by atoms with Crippen molar-refractivity contribution in [1.82, 2.24) is 0 Å². The van der Waals surface area contributed by atoms with E-state index in [0.717, 1.165) is 44.8 Å². The van der Waals surface area contributed by atoms with E-state index in [1.807, 2.05) is 19.1 Å². The molecule has 0 bridgehead atoms. The van der Waals surface area contributed by atoms with Gasteiger partial charge in [-0.3, -0.25) is 0 Å². The zero-order valence-corrected chi connectivity index (χ0v) is 11.5. The van der Waals surface area contributed by atoms with E-state index < -0.39 is 0 Å². The largest absolute Gasteiger partial charge is 0.497 e. The van der Waals surface area contributed by atoms with Crippen LogP contribution in [0.3, 0.4) is 0 Å². The van der Waals surface area contributed by atoms with Gasteiger partial charge in [-0.25, -0.2) is 0 Å². The first-order chi connectivity index (χ1) is 8.80. The van der Waals surface area contributed by atoms with Crippen LogP contribution < -0.4 is 10.5 Å². The van der Waals surface area contributed by atoms with Crippen molar-refractivity contribution in [3.05, 3.63) is 29.8 Å². The Morgan fingerprint density at radius 1 is 1.33 bits per heavy atom. The summed E-state index contributed by atoms with van der Waals surface area (Å²) in [5.74, 6) is 1.44. The van der Waals surface area contributed by atoms with Gasteiger partial charge in [-0.1, -0.05) is 12.1 Å². The molecule has 0 fully saturated rings. The molecule has 1 rings (SSSR count). The summed E-state index contributed by atoms with van der Waals surface area (Å²) < 4.78 is 10.6. The van der Waals surface area contributed by atoms with Gasteiger partial charge < -0.3 is 15.2 Å². The van der Waals surface area contributed by atoms with Crippen LogP contribution in [0.1, 0.15) is 25.3 Å². The number of rotatable bonds is 9. The molecule has 3 nitrogen and oxygen atoms in total. The third-order valence-electron chi connectivity index (χ3n) is 3.10. The molecule has 0 aromatic heterocycles. The standard InChI is InChI=1S/C15H25NO2/c1-3-18-9-5-7-14(12-16)10-13-6-4-8-15(11-13)17-2/h4,6,8,11,14H,3,5,7,9-10,12,16H2,1-2H3. The molecule has 1 unspecified atom stereocenters. The Bertz CT molecular complexity index is 328. The van der Waals surface area contributed by atoms with Crippen LogP contribution in [0, 0.1) is 5.92 Å². The molecule has 0 saturated heterocycles. The maximum absolute atomic E-state index is 5.83. The first-order valence-corrected chi connectivity index (χ1v) is 6.70. The predicted molar refractivity (Wildman–Crippen MR) is 75.0 cm³/mol. The highest BCUT2D eigenvalue weighted by molar-refractivity contribution is 5.28. The Hall–Kier alpha value is -1.06. The normalized spacial score (nSPS) is 12.4. The fourth-order valence-corrected chi connectivity index (χ4v) is 2.05.